The molecule has 2 aliphatic heterocycles. The summed E-state index contributed by atoms with van der Waals surface area (Å²) in [7, 11) is 4.49. The molecule has 3 aliphatic rings. The first-order valence-electron chi connectivity index (χ1n) is 10.7. The molecule has 1 amide bonds. The van der Waals surface area contributed by atoms with Crippen LogP contribution in [-0.2, 0) is 4.79 Å². The van der Waals surface area contributed by atoms with E-state index in [1.807, 2.05) is 4.90 Å². The molecule has 146 valence electrons. The first-order chi connectivity index (χ1) is 12.9. The minimum Gasteiger partial charge on any atom is -0.486 e. The molecule has 5 heteroatoms. The molecule has 0 bridgehead atoms. The molecule has 0 spiro atoms. The zero-order valence-electron chi connectivity index (χ0n) is 17.3. The molecule has 1 aromatic rings. The van der Waals surface area contributed by atoms with Gasteiger partial charge in [-0.3, -0.25) is 4.79 Å². The van der Waals surface area contributed by atoms with E-state index in [2.05, 4.69) is 51.8 Å². The lowest BCUT2D eigenvalue weighted by molar-refractivity contribution is -0.141. The molecule has 2 saturated heterocycles. The van der Waals surface area contributed by atoms with Crippen molar-refractivity contribution in [3.63, 3.8) is 0 Å². The van der Waals surface area contributed by atoms with Gasteiger partial charge in [-0.1, -0.05) is 24.9 Å². The maximum absolute atomic E-state index is 12.5. The summed E-state index contributed by atoms with van der Waals surface area (Å²) in [6.07, 6.45) is 3.25. The minimum atomic E-state index is 0.145. The molecule has 3 fully saturated rings. The highest BCUT2D eigenvalue weighted by Crippen LogP contribution is 2.57. The number of carbonyl (C=O) groups is 1. The standard InChI is InChI=1S/C22H33BN2O2/c1-14-9-17(21-15(2)22(21)23)6-7-19(14)27-18-12-25(13-18)20(26)10-16-5-4-8-24(3)11-16/h6-7,9,15-16,18,21-22H,4-5,8,10-13,23H2,1-3H3. The molecule has 2 heterocycles. The highest BCUT2D eigenvalue weighted by atomic mass is 16.5. The molecule has 4 nitrogen and oxygen atoms in total. The van der Waals surface area contributed by atoms with E-state index in [-0.39, 0.29) is 6.10 Å². The van der Waals surface area contributed by atoms with Crippen molar-refractivity contribution >= 4 is 13.8 Å². The Hall–Kier alpha value is -1.49. The molecular formula is C22H33BN2O2. The number of hydrogen-bond acceptors (Lipinski definition) is 3. The third-order valence-electron chi connectivity index (χ3n) is 7.09. The summed E-state index contributed by atoms with van der Waals surface area (Å²) < 4.78 is 6.18. The van der Waals surface area contributed by atoms with Gasteiger partial charge in [0.05, 0.1) is 13.1 Å². The number of amides is 1. The molecule has 1 saturated carbocycles. The Morgan fingerprint density at radius 2 is 2.04 bits per heavy atom. The van der Waals surface area contributed by atoms with Crippen molar-refractivity contribution in [1.82, 2.24) is 9.80 Å². The Morgan fingerprint density at radius 1 is 1.30 bits per heavy atom. The van der Waals surface area contributed by atoms with Crippen LogP contribution in [0.25, 0.3) is 0 Å². The van der Waals surface area contributed by atoms with Crippen LogP contribution in [0.4, 0.5) is 0 Å². The molecular weight excluding hydrogens is 335 g/mol. The molecule has 0 N–H and O–H groups in total. The number of hydrogen-bond donors (Lipinski definition) is 0. The molecule has 27 heavy (non-hydrogen) atoms. The monoisotopic (exact) mass is 368 g/mol. The van der Waals surface area contributed by atoms with Crippen LogP contribution in [0.2, 0.25) is 5.82 Å². The van der Waals surface area contributed by atoms with Gasteiger partial charge < -0.3 is 14.5 Å². The highest BCUT2D eigenvalue weighted by Gasteiger charge is 2.43. The maximum atomic E-state index is 12.5. The summed E-state index contributed by atoms with van der Waals surface area (Å²) in [5, 5.41) is 0. The van der Waals surface area contributed by atoms with Gasteiger partial charge in [0.25, 0.3) is 0 Å². The maximum Gasteiger partial charge on any atom is 0.223 e. The third kappa shape index (κ3) is 4.03. The van der Waals surface area contributed by atoms with Crippen molar-refractivity contribution in [1.29, 1.82) is 0 Å². The average molecular weight is 368 g/mol. The molecule has 4 rings (SSSR count). The number of nitrogens with zero attached hydrogens (tertiary/aromatic N) is 2. The lowest BCUT2D eigenvalue weighted by atomic mass is 9.94. The lowest BCUT2D eigenvalue weighted by Crippen LogP contribution is -2.56. The highest BCUT2D eigenvalue weighted by molar-refractivity contribution is 6.15. The van der Waals surface area contributed by atoms with Gasteiger partial charge in [0, 0.05) is 13.0 Å². The Bertz CT molecular complexity index is 696. The first-order valence-corrected chi connectivity index (χ1v) is 10.7. The van der Waals surface area contributed by atoms with E-state index in [0.717, 1.165) is 37.1 Å². The van der Waals surface area contributed by atoms with Crippen LogP contribution >= 0.6 is 0 Å². The Balaban J connectivity index is 1.25. The van der Waals surface area contributed by atoms with Crippen molar-refractivity contribution in [3.8, 4) is 5.75 Å². The van der Waals surface area contributed by atoms with Gasteiger partial charge in [-0.2, -0.15) is 0 Å². The van der Waals surface area contributed by atoms with Crippen molar-refractivity contribution in [2.24, 2.45) is 11.8 Å². The van der Waals surface area contributed by atoms with Crippen LogP contribution in [0.15, 0.2) is 18.2 Å². The topological polar surface area (TPSA) is 32.8 Å². The number of rotatable bonds is 5. The van der Waals surface area contributed by atoms with Crippen LogP contribution in [0.5, 0.6) is 5.75 Å². The minimum absolute atomic E-state index is 0.145. The summed E-state index contributed by atoms with van der Waals surface area (Å²) >= 11 is 0. The summed E-state index contributed by atoms with van der Waals surface area (Å²) in [6.45, 7) is 8.17. The second-order valence-corrected chi connectivity index (χ2v) is 9.28. The molecule has 4 atom stereocenters. The van der Waals surface area contributed by atoms with Crippen LogP contribution in [0, 0.1) is 18.8 Å². The average Bonchev–Trinajstić information content (AvgIpc) is 3.18. The molecule has 0 aromatic heterocycles. The zero-order valence-corrected chi connectivity index (χ0v) is 17.3. The first kappa shape index (κ1) is 18.9. The Kier molecular flexibility index (Phi) is 5.24. The van der Waals surface area contributed by atoms with Gasteiger partial charge in [-0.05, 0) is 68.3 Å². The van der Waals surface area contributed by atoms with Gasteiger partial charge >= 0.3 is 0 Å². The van der Waals surface area contributed by atoms with Gasteiger partial charge in [-0.25, -0.2) is 0 Å². The summed E-state index contributed by atoms with van der Waals surface area (Å²) in [5.74, 6) is 4.12. The number of ether oxygens (including phenoxy) is 1. The number of aryl methyl sites for hydroxylation is 1. The summed E-state index contributed by atoms with van der Waals surface area (Å²) in [4.78, 5) is 16.8. The second kappa shape index (κ2) is 7.50. The quantitative estimate of drug-likeness (QED) is 0.749. The normalized spacial score (nSPS) is 31.4. The SMILES string of the molecule is BC1C(C)C1c1ccc(OC2CN(C(=O)CC3CCCN(C)C3)C2)c(C)c1. The van der Waals surface area contributed by atoms with Crippen molar-refractivity contribution in [2.75, 3.05) is 33.2 Å². The van der Waals surface area contributed by atoms with Gasteiger partial charge in [0.1, 0.15) is 19.7 Å². The summed E-state index contributed by atoms with van der Waals surface area (Å²) in [6, 6.07) is 6.65. The third-order valence-corrected chi connectivity index (χ3v) is 7.09. The fourth-order valence-electron chi connectivity index (χ4n) is 4.99. The Labute approximate surface area is 164 Å². The number of carbonyl (C=O) groups excluding carboxylic acids is 1. The van der Waals surface area contributed by atoms with E-state index >= 15 is 0 Å². The van der Waals surface area contributed by atoms with E-state index < -0.39 is 0 Å². The zero-order chi connectivity index (χ0) is 19.1. The van der Waals surface area contributed by atoms with E-state index in [9.17, 15) is 4.79 Å². The van der Waals surface area contributed by atoms with Crippen LogP contribution < -0.4 is 4.74 Å². The number of likely N-dealkylation sites (tertiary alicyclic amines) is 2. The second-order valence-electron chi connectivity index (χ2n) is 9.28. The molecule has 0 radical (unpaired) electrons. The molecule has 1 aliphatic carbocycles. The molecule has 4 unspecified atom stereocenters. The smallest absolute Gasteiger partial charge is 0.223 e. The fourth-order valence-corrected chi connectivity index (χ4v) is 4.99. The van der Waals surface area contributed by atoms with E-state index in [1.165, 1.54) is 30.5 Å². The van der Waals surface area contributed by atoms with Gasteiger partial charge in [-0.15, -0.1) is 0 Å². The van der Waals surface area contributed by atoms with Gasteiger partial charge in [0.15, 0.2) is 0 Å². The molecule has 1 aromatic carbocycles. The predicted molar refractivity (Wildman–Crippen MR) is 111 cm³/mol. The summed E-state index contributed by atoms with van der Waals surface area (Å²) in [5.41, 5.74) is 2.66. The van der Waals surface area contributed by atoms with Crippen LogP contribution in [0.3, 0.4) is 0 Å². The van der Waals surface area contributed by atoms with Crippen molar-refractivity contribution in [3.05, 3.63) is 29.3 Å². The van der Waals surface area contributed by atoms with Crippen molar-refractivity contribution < 1.29 is 9.53 Å². The van der Waals surface area contributed by atoms with E-state index in [0.29, 0.717) is 24.2 Å². The number of piperidine rings is 1. The number of benzene rings is 1. The predicted octanol–water partition coefficient (Wildman–Crippen LogP) is 2.47. The van der Waals surface area contributed by atoms with Crippen LogP contribution in [-0.4, -0.2) is 62.9 Å². The fraction of sp³-hybridized carbons (Fsp3) is 0.682. The van der Waals surface area contributed by atoms with E-state index in [1.54, 1.807) is 0 Å². The lowest BCUT2D eigenvalue weighted by Gasteiger charge is -2.40. The van der Waals surface area contributed by atoms with Gasteiger partial charge in [0.2, 0.25) is 5.91 Å². The van der Waals surface area contributed by atoms with Crippen molar-refractivity contribution in [2.45, 2.75) is 50.9 Å². The van der Waals surface area contributed by atoms with E-state index in [4.69, 9.17) is 4.74 Å². The Morgan fingerprint density at radius 3 is 2.67 bits per heavy atom. The van der Waals surface area contributed by atoms with Crippen LogP contribution in [0.1, 0.15) is 43.2 Å². The largest absolute Gasteiger partial charge is 0.486 e.